The normalized spacial score (nSPS) is 18.9. The Bertz CT molecular complexity index is 991. The predicted octanol–water partition coefficient (Wildman–Crippen LogP) is 4.30. The van der Waals surface area contributed by atoms with Gasteiger partial charge in [-0.25, -0.2) is 4.98 Å². The van der Waals surface area contributed by atoms with Crippen molar-refractivity contribution in [2.75, 3.05) is 18.5 Å². The number of carbonyl (C=O) groups is 2. The third-order valence-corrected chi connectivity index (χ3v) is 5.99. The predicted molar refractivity (Wildman–Crippen MR) is 118 cm³/mol. The minimum atomic E-state index is -4.55. The van der Waals surface area contributed by atoms with Gasteiger partial charge in [0, 0.05) is 55.1 Å². The number of anilines is 1. The van der Waals surface area contributed by atoms with Crippen molar-refractivity contribution >= 4 is 40.0 Å². The Hall–Kier alpha value is -2.55. The zero-order chi connectivity index (χ0) is 23.5. The molecule has 1 saturated carbocycles. The van der Waals surface area contributed by atoms with Gasteiger partial charge in [-0.2, -0.15) is 13.2 Å². The van der Waals surface area contributed by atoms with Crippen molar-refractivity contribution in [1.29, 1.82) is 0 Å². The number of amides is 2. The van der Waals surface area contributed by atoms with Crippen molar-refractivity contribution in [2.24, 2.45) is 0 Å². The third-order valence-electron chi connectivity index (χ3n) is 5.75. The van der Waals surface area contributed by atoms with Crippen molar-refractivity contribution < 1.29 is 22.8 Å². The SMILES string of the molecule is CC(=O)NCCC(=O)N[C@H]1CC[C@@H](N(C)c2cc(C(F)(F)F)nc3ccc(Cl)cc23)CC1. The highest BCUT2D eigenvalue weighted by molar-refractivity contribution is 6.31. The summed E-state index contributed by atoms with van der Waals surface area (Å²) in [6.07, 6.45) is -1.46. The van der Waals surface area contributed by atoms with Crippen molar-refractivity contribution in [1.82, 2.24) is 15.6 Å². The molecule has 32 heavy (non-hydrogen) atoms. The Morgan fingerprint density at radius 3 is 2.50 bits per heavy atom. The van der Waals surface area contributed by atoms with Crippen molar-refractivity contribution in [2.45, 2.75) is 57.3 Å². The second-order valence-corrected chi connectivity index (χ2v) is 8.54. The molecule has 1 aliphatic rings. The largest absolute Gasteiger partial charge is 0.433 e. The van der Waals surface area contributed by atoms with Crippen LogP contribution in [0.25, 0.3) is 10.9 Å². The first kappa shape index (κ1) is 24.1. The van der Waals surface area contributed by atoms with Crippen LogP contribution in [-0.4, -0.2) is 42.5 Å². The number of fused-ring (bicyclic) bond motifs is 1. The number of pyridine rings is 1. The second-order valence-electron chi connectivity index (χ2n) is 8.10. The fourth-order valence-electron chi connectivity index (χ4n) is 4.07. The van der Waals surface area contributed by atoms with Gasteiger partial charge >= 0.3 is 6.18 Å². The summed E-state index contributed by atoms with van der Waals surface area (Å²) in [5.41, 5.74) is -0.256. The van der Waals surface area contributed by atoms with E-state index in [1.807, 2.05) is 4.90 Å². The topological polar surface area (TPSA) is 74.3 Å². The van der Waals surface area contributed by atoms with Gasteiger partial charge in [0.25, 0.3) is 0 Å². The molecule has 0 saturated heterocycles. The summed E-state index contributed by atoms with van der Waals surface area (Å²) < 4.78 is 40.2. The number of alkyl halides is 3. The first-order chi connectivity index (χ1) is 15.0. The van der Waals surface area contributed by atoms with Crippen LogP contribution in [0.2, 0.25) is 5.02 Å². The lowest BCUT2D eigenvalue weighted by Gasteiger charge is -2.37. The number of carbonyl (C=O) groups excluding carboxylic acids is 2. The molecule has 0 radical (unpaired) electrons. The van der Waals surface area contributed by atoms with Crippen LogP contribution in [0.3, 0.4) is 0 Å². The minimum Gasteiger partial charge on any atom is -0.371 e. The molecule has 10 heteroatoms. The van der Waals surface area contributed by atoms with Gasteiger partial charge in [-0.15, -0.1) is 0 Å². The Morgan fingerprint density at radius 2 is 1.88 bits per heavy atom. The molecule has 3 rings (SSSR count). The van der Waals surface area contributed by atoms with Gasteiger partial charge < -0.3 is 15.5 Å². The molecule has 0 atom stereocenters. The number of halogens is 4. The lowest BCUT2D eigenvalue weighted by Crippen LogP contribution is -2.43. The fourth-order valence-corrected chi connectivity index (χ4v) is 4.25. The Morgan fingerprint density at radius 1 is 1.19 bits per heavy atom. The highest BCUT2D eigenvalue weighted by Gasteiger charge is 2.34. The number of aromatic nitrogens is 1. The first-order valence-electron chi connectivity index (χ1n) is 10.5. The van der Waals surface area contributed by atoms with Gasteiger partial charge in [0.2, 0.25) is 11.8 Å². The van der Waals surface area contributed by atoms with E-state index in [-0.39, 0.29) is 35.8 Å². The molecular formula is C22H26ClF3N4O2. The molecular weight excluding hydrogens is 445 g/mol. The molecule has 2 N–H and O–H groups in total. The molecule has 1 aliphatic carbocycles. The van der Waals surface area contributed by atoms with E-state index in [9.17, 15) is 22.8 Å². The molecule has 6 nitrogen and oxygen atoms in total. The minimum absolute atomic E-state index is 0.0128. The van der Waals surface area contributed by atoms with Crippen LogP contribution >= 0.6 is 11.6 Å². The smallest absolute Gasteiger partial charge is 0.371 e. The van der Waals surface area contributed by atoms with Crippen molar-refractivity contribution in [3.8, 4) is 0 Å². The summed E-state index contributed by atoms with van der Waals surface area (Å²) in [6, 6.07) is 5.77. The van der Waals surface area contributed by atoms with E-state index in [4.69, 9.17) is 11.6 Å². The van der Waals surface area contributed by atoms with Gasteiger partial charge in [-0.1, -0.05) is 11.6 Å². The molecule has 1 heterocycles. The maximum atomic E-state index is 13.4. The van der Waals surface area contributed by atoms with Gasteiger partial charge in [0.05, 0.1) is 5.52 Å². The number of nitrogens with one attached hydrogen (secondary N) is 2. The van der Waals surface area contributed by atoms with Crippen LogP contribution in [0.1, 0.15) is 44.7 Å². The highest BCUT2D eigenvalue weighted by Crippen LogP contribution is 2.37. The molecule has 0 spiro atoms. The maximum absolute atomic E-state index is 13.4. The summed E-state index contributed by atoms with van der Waals surface area (Å²) in [5, 5.41) is 6.56. The molecule has 0 unspecified atom stereocenters. The highest BCUT2D eigenvalue weighted by atomic mass is 35.5. The second kappa shape index (κ2) is 9.94. The Labute approximate surface area is 189 Å². The zero-order valence-corrected chi connectivity index (χ0v) is 18.7. The van der Waals surface area contributed by atoms with E-state index in [0.29, 0.717) is 22.6 Å². The number of rotatable bonds is 6. The Kier molecular flexibility index (Phi) is 7.48. The van der Waals surface area contributed by atoms with E-state index in [0.717, 1.165) is 31.7 Å². The van der Waals surface area contributed by atoms with Crippen LogP contribution in [0.4, 0.5) is 18.9 Å². The van der Waals surface area contributed by atoms with Crippen molar-refractivity contribution in [3.63, 3.8) is 0 Å². The zero-order valence-electron chi connectivity index (χ0n) is 17.9. The van der Waals surface area contributed by atoms with E-state index in [1.54, 1.807) is 13.1 Å². The molecule has 2 amide bonds. The molecule has 1 fully saturated rings. The quantitative estimate of drug-likeness (QED) is 0.660. The summed E-state index contributed by atoms with van der Waals surface area (Å²) in [7, 11) is 1.78. The lowest BCUT2D eigenvalue weighted by atomic mass is 9.89. The molecule has 1 aromatic heterocycles. The Balaban J connectivity index is 1.69. The fraction of sp³-hybridized carbons (Fsp3) is 0.500. The van der Waals surface area contributed by atoms with Crippen molar-refractivity contribution in [3.05, 3.63) is 35.0 Å². The van der Waals surface area contributed by atoms with Crippen LogP contribution in [0.5, 0.6) is 0 Å². The van der Waals surface area contributed by atoms with E-state index in [1.165, 1.54) is 19.1 Å². The van der Waals surface area contributed by atoms with Crippen LogP contribution in [0.15, 0.2) is 24.3 Å². The van der Waals surface area contributed by atoms with Crippen LogP contribution in [0, 0.1) is 0 Å². The maximum Gasteiger partial charge on any atom is 0.433 e. The average molecular weight is 471 g/mol. The lowest BCUT2D eigenvalue weighted by molar-refractivity contribution is -0.141. The van der Waals surface area contributed by atoms with Crippen LogP contribution in [-0.2, 0) is 15.8 Å². The average Bonchev–Trinajstić information content (AvgIpc) is 2.72. The molecule has 0 aliphatic heterocycles. The molecule has 2 aromatic rings. The first-order valence-corrected chi connectivity index (χ1v) is 10.9. The van der Waals surface area contributed by atoms with Gasteiger partial charge in [0.15, 0.2) is 0 Å². The summed E-state index contributed by atoms with van der Waals surface area (Å²) >= 11 is 6.10. The standard InChI is InChI=1S/C22H26ClF3N4O2/c1-13(31)27-10-9-21(32)28-15-4-6-16(7-5-15)30(2)19-12-20(22(24,25)26)29-18-8-3-14(23)11-17(18)19/h3,8,11-12,15-16H,4-7,9-10H2,1-2H3,(H,27,31)(H,28,32)/t15-,16+. The third kappa shape index (κ3) is 6.03. The number of hydrogen-bond donors (Lipinski definition) is 2. The monoisotopic (exact) mass is 470 g/mol. The molecule has 0 bridgehead atoms. The van der Waals surface area contributed by atoms with E-state index in [2.05, 4.69) is 15.6 Å². The number of nitrogens with zero attached hydrogens (tertiary/aromatic N) is 2. The summed E-state index contributed by atoms with van der Waals surface area (Å²) in [6.45, 7) is 1.69. The number of benzene rings is 1. The van der Waals surface area contributed by atoms with Gasteiger partial charge in [-0.05, 0) is 49.9 Å². The van der Waals surface area contributed by atoms with Gasteiger partial charge in [-0.3, -0.25) is 9.59 Å². The number of hydrogen-bond acceptors (Lipinski definition) is 4. The van der Waals surface area contributed by atoms with E-state index < -0.39 is 11.9 Å². The molecule has 174 valence electrons. The summed E-state index contributed by atoms with van der Waals surface area (Å²) in [5.74, 6) is -0.305. The van der Waals surface area contributed by atoms with Gasteiger partial charge in [0.1, 0.15) is 5.69 Å². The van der Waals surface area contributed by atoms with E-state index >= 15 is 0 Å². The molecule has 1 aromatic carbocycles. The summed E-state index contributed by atoms with van der Waals surface area (Å²) in [4.78, 5) is 28.6. The van der Waals surface area contributed by atoms with Crippen LogP contribution < -0.4 is 15.5 Å².